The molecule has 2 N–H and O–H groups in total. The molecule has 17 heavy (non-hydrogen) atoms. The lowest BCUT2D eigenvalue weighted by Gasteiger charge is -2.31. The van der Waals surface area contributed by atoms with Crippen molar-refractivity contribution in [2.45, 2.75) is 44.6 Å². The Morgan fingerprint density at radius 3 is 2.71 bits per heavy atom. The molecule has 1 aromatic carbocycles. The molecule has 1 aliphatic carbocycles. The average Bonchev–Trinajstić information content (AvgIpc) is 2.40. The smallest absolute Gasteiger partial charge is 0.0369 e. The van der Waals surface area contributed by atoms with Gasteiger partial charge < -0.3 is 10.6 Å². The van der Waals surface area contributed by atoms with Crippen molar-refractivity contribution in [1.82, 2.24) is 0 Å². The van der Waals surface area contributed by atoms with Crippen LogP contribution in [0.4, 0.5) is 5.69 Å². The minimum Gasteiger partial charge on any atom is -0.372 e. The average molecular weight is 230 g/mol. The molecule has 1 aromatic rings. The van der Waals surface area contributed by atoms with Crippen LogP contribution < -0.4 is 10.6 Å². The van der Waals surface area contributed by atoms with Crippen molar-refractivity contribution >= 4 is 5.69 Å². The molecule has 2 heteroatoms. The largest absolute Gasteiger partial charge is 0.372 e. The highest BCUT2D eigenvalue weighted by Gasteiger charge is 2.19. The fourth-order valence-corrected chi connectivity index (χ4v) is 3.17. The van der Waals surface area contributed by atoms with Gasteiger partial charge in [-0.05, 0) is 61.8 Å². The second kappa shape index (κ2) is 4.69. The minimum absolute atomic E-state index is 0.267. The third-order valence-electron chi connectivity index (χ3n) is 4.21. The topological polar surface area (TPSA) is 29.3 Å². The van der Waals surface area contributed by atoms with Gasteiger partial charge in [-0.25, -0.2) is 0 Å². The Morgan fingerprint density at radius 1 is 1.06 bits per heavy atom. The van der Waals surface area contributed by atoms with Crippen molar-refractivity contribution in [3.63, 3.8) is 0 Å². The molecule has 0 bridgehead atoms. The molecular weight excluding hydrogens is 208 g/mol. The van der Waals surface area contributed by atoms with E-state index in [1.807, 2.05) is 0 Å². The molecule has 1 atom stereocenters. The lowest BCUT2D eigenvalue weighted by atomic mass is 9.87. The molecule has 0 saturated carbocycles. The van der Waals surface area contributed by atoms with Gasteiger partial charge in [0.2, 0.25) is 0 Å². The standard InChI is InChI=1S/C15H22N2/c16-15-6-4-5-12-7-8-13(11-14(12)15)17-9-2-1-3-10-17/h7-8,11,15H,1-6,9-10,16H2. The number of piperidine rings is 1. The number of hydrogen-bond donors (Lipinski definition) is 1. The number of fused-ring (bicyclic) bond motifs is 1. The number of anilines is 1. The van der Waals surface area contributed by atoms with Crippen LogP contribution >= 0.6 is 0 Å². The van der Waals surface area contributed by atoms with Gasteiger partial charge in [-0.1, -0.05) is 6.07 Å². The second-order valence-corrected chi connectivity index (χ2v) is 5.43. The molecule has 0 aromatic heterocycles. The van der Waals surface area contributed by atoms with Gasteiger partial charge in [0.1, 0.15) is 0 Å². The Hall–Kier alpha value is -1.02. The first-order valence-corrected chi connectivity index (χ1v) is 6.98. The van der Waals surface area contributed by atoms with Gasteiger partial charge in [0.15, 0.2) is 0 Å². The van der Waals surface area contributed by atoms with Crippen molar-refractivity contribution in [2.75, 3.05) is 18.0 Å². The van der Waals surface area contributed by atoms with E-state index in [-0.39, 0.29) is 6.04 Å². The van der Waals surface area contributed by atoms with Crippen LogP contribution in [0.5, 0.6) is 0 Å². The van der Waals surface area contributed by atoms with E-state index >= 15 is 0 Å². The summed E-state index contributed by atoms with van der Waals surface area (Å²) < 4.78 is 0. The van der Waals surface area contributed by atoms with Gasteiger partial charge in [0, 0.05) is 24.8 Å². The van der Waals surface area contributed by atoms with E-state index in [4.69, 9.17) is 5.73 Å². The summed E-state index contributed by atoms with van der Waals surface area (Å²) >= 11 is 0. The van der Waals surface area contributed by atoms with E-state index < -0.39 is 0 Å². The summed E-state index contributed by atoms with van der Waals surface area (Å²) in [5.74, 6) is 0. The predicted molar refractivity (Wildman–Crippen MR) is 72.4 cm³/mol. The lowest BCUT2D eigenvalue weighted by Crippen LogP contribution is -2.29. The lowest BCUT2D eigenvalue weighted by molar-refractivity contribution is 0.564. The molecule has 1 heterocycles. The zero-order chi connectivity index (χ0) is 11.7. The van der Waals surface area contributed by atoms with Gasteiger partial charge in [-0.15, -0.1) is 0 Å². The molecule has 92 valence electrons. The predicted octanol–water partition coefficient (Wildman–Crippen LogP) is 3.01. The Balaban J connectivity index is 1.88. The number of aryl methyl sites for hydroxylation is 1. The quantitative estimate of drug-likeness (QED) is 0.803. The molecule has 2 nitrogen and oxygen atoms in total. The maximum Gasteiger partial charge on any atom is 0.0369 e. The molecule has 1 saturated heterocycles. The van der Waals surface area contributed by atoms with E-state index in [1.54, 1.807) is 0 Å². The summed E-state index contributed by atoms with van der Waals surface area (Å²) in [4.78, 5) is 2.52. The van der Waals surface area contributed by atoms with Crippen molar-refractivity contribution < 1.29 is 0 Å². The SMILES string of the molecule is NC1CCCc2ccc(N3CCCCC3)cc21. The second-order valence-electron chi connectivity index (χ2n) is 5.43. The van der Waals surface area contributed by atoms with Gasteiger partial charge >= 0.3 is 0 Å². The zero-order valence-electron chi connectivity index (χ0n) is 10.5. The van der Waals surface area contributed by atoms with Crippen molar-refractivity contribution in [2.24, 2.45) is 5.73 Å². The van der Waals surface area contributed by atoms with Gasteiger partial charge in [0.05, 0.1) is 0 Å². The van der Waals surface area contributed by atoms with Crippen LogP contribution in [0.2, 0.25) is 0 Å². The maximum absolute atomic E-state index is 6.23. The van der Waals surface area contributed by atoms with E-state index in [1.165, 1.54) is 62.0 Å². The molecule has 0 radical (unpaired) electrons. The highest BCUT2D eigenvalue weighted by atomic mass is 15.1. The molecule has 3 rings (SSSR count). The molecule has 2 aliphatic rings. The Morgan fingerprint density at radius 2 is 1.88 bits per heavy atom. The van der Waals surface area contributed by atoms with E-state index in [9.17, 15) is 0 Å². The van der Waals surface area contributed by atoms with Crippen LogP contribution in [-0.4, -0.2) is 13.1 Å². The molecular formula is C15H22N2. The van der Waals surface area contributed by atoms with Crippen molar-refractivity contribution in [1.29, 1.82) is 0 Å². The number of hydrogen-bond acceptors (Lipinski definition) is 2. The van der Waals surface area contributed by atoms with Crippen LogP contribution in [0.1, 0.15) is 49.3 Å². The molecule has 1 fully saturated rings. The Bertz CT molecular complexity index is 394. The number of rotatable bonds is 1. The number of nitrogens with two attached hydrogens (primary N) is 1. The van der Waals surface area contributed by atoms with Gasteiger partial charge in [-0.3, -0.25) is 0 Å². The molecule has 0 amide bonds. The Kier molecular flexibility index (Phi) is 3.06. The molecule has 0 spiro atoms. The van der Waals surface area contributed by atoms with E-state index in [2.05, 4.69) is 23.1 Å². The first-order chi connectivity index (χ1) is 8.34. The molecule has 1 aliphatic heterocycles. The number of nitrogens with zero attached hydrogens (tertiary/aromatic N) is 1. The minimum atomic E-state index is 0.267. The van der Waals surface area contributed by atoms with Gasteiger partial charge in [-0.2, -0.15) is 0 Å². The Labute approximate surface area is 104 Å². The summed E-state index contributed by atoms with van der Waals surface area (Å²) in [5.41, 5.74) is 10.5. The third kappa shape index (κ3) is 2.19. The summed E-state index contributed by atoms with van der Waals surface area (Å²) in [5, 5.41) is 0. The van der Waals surface area contributed by atoms with E-state index in [0.29, 0.717) is 0 Å². The monoisotopic (exact) mass is 230 g/mol. The fourth-order valence-electron chi connectivity index (χ4n) is 3.17. The number of benzene rings is 1. The third-order valence-corrected chi connectivity index (χ3v) is 4.21. The van der Waals surface area contributed by atoms with Crippen LogP contribution in [0.3, 0.4) is 0 Å². The van der Waals surface area contributed by atoms with E-state index in [0.717, 1.165) is 6.42 Å². The van der Waals surface area contributed by atoms with Crippen LogP contribution in [0.15, 0.2) is 18.2 Å². The van der Waals surface area contributed by atoms with Crippen LogP contribution in [0, 0.1) is 0 Å². The summed E-state index contributed by atoms with van der Waals surface area (Å²) in [6.07, 6.45) is 7.67. The summed E-state index contributed by atoms with van der Waals surface area (Å²) in [7, 11) is 0. The van der Waals surface area contributed by atoms with Crippen molar-refractivity contribution in [3.8, 4) is 0 Å². The zero-order valence-corrected chi connectivity index (χ0v) is 10.5. The van der Waals surface area contributed by atoms with Crippen molar-refractivity contribution in [3.05, 3.63) is 29.3 Å². The first kappa shape index (κ1) is 11.1. The molecule has 1 unspecified atom stereocenters. The highest BCUT2D eigenvalue weighted by molar-refractivity contribution is 5.52. The normalized spacial score (nSPS) is 24.5. The summed E-state index contributed by atoms with van der Waals surface area (Å²) in [6.45, 7) is 2.43. The first-order valence-electron chi connectivity index (χ1n) is 6.98. The highest BCUT2D eigenvalue weighted by Crippen LogP contribution is 2.32. The van der Waals surface area contributed by atoms with Gasteiger partial charge in [0.25, 0.3) is 0 Å². The maximum atomic E-state index is 6.23. The summed E-state index contributed by atoms with van der Waals surface area (Å²) in [6, 6.07) is 7.22. The van der Waals surface area contributed by atoms with Crippen LogP contribution in [0.25, 0.3) is 0 Å². The van der Waals surface area contributed by atoms with Crippen LogP contribution in [-0.2, 0) is 6.42 Å². The fraction of sp³-hybridized carbons (Fsp3) is 0.600.